The van der Waals surface area contributed by atoms with Gasteiger partial charge in [-0.2, -0.15) is 0 Å². The number of carbonyl (C=O) groups is 2. The first-order valence-electron chi connectivity index (χ1n) is 4.64. The molecule has 1 aromatic carbocycles. The van der Waals surface area contributed by atoms with Crippen molar-refractivity contribution in [2.75, 3.05) is 17.7 Å². The topological polar surface area (TPSA) is 37.4 Å². The summed E-state index contributed by atoms with van der Waals surface area (Å²) in [4.78, 5) is 25.2. The van der Waals surface area contributed by atoms with Crippen molar-refractivity contribution in [1.29, 1.82) is 0 Å². The van der Waals surface area contributed by atoms with Gasteiger partial charge in [0.25, 0.3) is 0 Å². The van der Waals surface area contributed by atoms with Crippen molar-refractivity contribution in [1.82, 2.24) is 0 Å². The largest absolute Gasteiger partial charge is 0.314 e. The quantitative estimate of drug-likeness (QED) is 0.680. The summed E-state index contributed by atoms with van der Waals surface area (Å²) in [6, 6.07) is 5.44. The number of Topliss-reactive ketones (excluding diaryl/α,β-unsaturated/α-hetero) is 1. The van der Waals surface area contributed by atoms with Gasteiger partial charge in [-0.3, -0.25) is 9.59 Å². The fourth-order valence-corrected chi connectivity index (χ4v) is 2.53. The molecule has 2 rings (SSSR count). The van der Waals surface area contributed by atoms with E-state index in [1.54, 1.807) is 24.9 Å². The Bertz CT molecular complexity index is 442. The Kier molecular flexibility index (Phi) is 2.52. The lowest BCUT2D eigenvalue weighted by atomic mass is 10.1. The van der Waals surface area contributed by atoms with Gasteiger partial charge in [-0.1, -0.05) is 0 Å². The minimum Gasteiger partial charge on any atom is -0.314 e. The first-order valence-corrected chi connectivity index (χ1v) is 5.62. The Morgan fingerprint density at radius 2 is 2.20 bits per heavy atom. The van der Waals surface area contributed by atoms with E-state index in [2.05, 4.69) is 0 Å². The van der Waals surface area contributed by atoms with Gasteiger partial charge >= 0.3 is 0 Å². The summed E-state index contributed by atoms with van der Waals surface area (Å²) < 4.78 is 0. The molecule has 0 radical (unpaired) electrons. The number of benzene rings is 1. The summed E-state index contributed by atoms with van der Waals surface area (Å²) in [5, 5.41) is 0. The molecule has 0 unspecified atom stereocenters. The van der Waals surface area contributed by atoms with Crippen molar-refractivity contribution in [3.8, 4) is 0 Å². The van der Waals surface area contributed by atoms with Gasteiger partial charge in [0, 0.05) is 17.5 Å². The highest BCUT2D eigenvalue weighted by Crippen LogP contribution is 2.35. The predicted molar refractivity (Wildman–Crippen MR) is 60.6 cm³/mol. The lowest BCUT2D eigenvalue weighted by Crippen LogP contribution is -2.31. The van der Waals surface area contributed by atoms with E-state index >= 15 is 0 Å². The number of anilines is 1. The second-order valence-corrected chi connectivity index (χ2v) is 4.50. The van der Waals surface area contributed by atoms with Gasteiger partial charge in [0.05, 0.1) is 11.4 Å². The monoisotopic (exact) mass is 221 g/mol. The Morgan fingerprint density at radius 1 is 1.47 bits per heavy atom. The second-order valence-electron chi connectivity index (χ2n) is 3.48. The molecule has 78 valence electrons. The standard InChI is InChI=1S/C11H11NO2S/c1-7(13)8-3-4-9-10(5-8)15-6-11(14)12(9)2/h3-5H,6H2,1-2H3. The van der Waals surface area contributed by atoms with Crippen molar-refractivity contribution >= 4 is 29.1 Å². The molecule has 3 nitrogen and oxygen atoms in total. The summed E-state index contributed by atoms with van der Waals surface area (Å²) in [6.45, 7) is 1.55. The third-order valence-electron chi connectivity index (χ3n) is 2.45. The van der Waals surface area contributed by atoms with Gasteiger partial charge in [-0.15, -0.1) is 11.8 Å². The van der Waals surface area contributed by atoms with Crippen LogP contribution >= 0.6 is 11.8 Å². The van der Waals surface area contributed by atoms with Crippen LogP contribution in [-0.2, 0) is 4.79 Å². The number of nitrogens with zero attached hydrogens (tertiary/aromatic N) is 1. The molecule has 1 aliphatic rings. The molecule has 15 heavy (non-hydrogen) atoms. The zero-order chi connectivity index (χ0) is 11.0. The van der Waals surface area contributed by atoms with Crippen molar-refractivity contribution in [3.63, 3.8) is 0 Å². The average Bonchev–Trinajstić information content (AvgIpc) is 2.23. The fraction of sp³-hybridized carbons (Fsp3) is 0.273. The summed E-state index contributed by atoms with van der Waals surface area (Å²) in [7, 11) is 1.76. The highest BCUT2D eigenvalue weighted by Gasteiger charge is 2.21. The molecule has 0 aromatic heterocycles. The number of fused-ring (bicyclic) bond motifs is 1. The molecule has 1 amide bonds. The van der Waals surface area contributed by atoms with Crippen LogP contribution < -0.4 is 4.90 Å². The first-order chi connectivity index (χ1) is 7.09. The summed E-state index contributed by atoms with van der Waals surface area (Å²) in [5.41, 5.74) is 1.59. The van der Waals surface area contributed by atoms with Gasteiger partial charge in [-0.05, 0) is 25.1 Å². The SMILES string of the molecule is CC(=O)c1ccc2c(c1)SCC(=O)N2C. The number of hydrogen-bond donors (Lipinski definition) is 0. The van der Waals surface area contributed by atoms with Crippen LogP contribution in [-0.4, -0.2) is 24.5 Å². The van der Waals surface area contributed by atoms with Crippen LogP contribution in [0.25, 0.3) is 0 Å². The molecule has 1 aliphatic heterocycles. The van der Waals surface area contributed by atoms with E-state index in [0.29, 0.717) is 11.3 Å². The number of ketones is 1. The Hall–Kier alpha value is -1.29. The third kappa shape index (κ3) is 1.77. The molecule has 0 aliphatic carbocycles. The molecule has 1 aromatic rings. The van der Waals surface area contributed by atoms with Crippen LogP contribution in [0.1, 0.15) is 17.3 Å². The van der Waals surface area contributed by atoms with Crippen molar-refractivity contribution in [3.05, 3.63) is 23.8 Å². The van der Waals surface area contributed by atoms with Gasteiger partial charge in [0.15, 0.2) is 5.78 Å². The minimum atomic E-state index is 0.0537. The molecule has 0 spiro atoms. The summed E-state index contributed by atoms with van der Waals surface area (Å²) in [6.07, 6.45) is 0. The zero-order valence-corrected chi connectivity index (χ0v) is 9.43. The molecule has 0 bridgehead atoms. The summed E-state index contributed by atoms with van der Waals surface area (Å²) in [5.74, 6) is 0.603. The van der Waals surface area contributed by atoms with E-state index in [0.717, 1.165) is 10.6 Å². The van der Waals surface area contributed by atoms with Crippen LogP contribution in [0.3, 0.4) is 0 Å². The minimum absolute atomic E-state index is 0.0537. The maximum Gasteiger partial charge on any atom is 0.237 e. The predicted octanol–water partition coefficient (Wildman–Crippen LogP) is 1.96. The number of hydrogen-bond acceptors (Lipinski definition) is 3. The van der Waals surface area contributed by atoms with Gasteiger partial charge in [0.1, 0.15) is 0 Å². The lowest BCUT2D eigenvalue weighted by Gasteiger charge is -2.25. The van der Waals surface area contributed by atoms with Crippen LogP contribution in [0, 0.1) is 0 Å². The zero-order valence-electron chi connectivity index (χ0n) is 8.61. The molecule has 0 N–H and O–H groups in total. The second kappa shape index (κ2) is 3.70. The number of amides is 1. The average molecular weight is 221 g/mol. The maximum absolute atomic E-state index is 11.4. The van der Waals surface area contributed by atoms with Crippen LogP contribution in [0.2, 0.25) is 0 Å². The highest BCUT2D eigenvalue weighted by molar-refractivity contribution is 8.00. The number of thioether (sulfide) groups is 1. The molecule has 0 saturated heterocycles. The van der Waals surface area contributed by atoms with E-state index in [1.807, 2.05) is 12.1 Å². The molecule has 4 heteroatoms. The smallest absolute Gasteiger partial charge is 0.237 e. The number of carbonyl (C=O) groups excluding carboxylic acids is 2. The van der Waals surface area contributed by atoms with Gasteiger partial charge in [0.2, 0.25) is 5.91 Å². The van der Waals surface area contributed by atoms with Crippen LogP contribution in [0.5, 0.6) is 0 Å². The van der Waals surface area contributed by atoms with Gasteiger partial charge in [-0.25, -0.2) is 0 Å². The third-order valence-corrected chi connectivity index (χ3v) is 3.48. The summed E-state index contributed by atoms with van der Waals surface area (Å²) >= 11 is 1.49. The fourth-order valence-electron chi connectivity index (χ4n) is 1.50. The van der Waals surface area contributed by atoms with E-state index in [1.165, 1.54) is 11.8 Å². The van der Waals surface area contributed by atoms with E-state index in [-0.39, 0.29) is 11.7 Å². The molecule has 1 heterocycles. The van der Waals surface area contributed by atoms with Crippen LogP contribution in [0.15, 0.2) is 23.1 Å². The van der Waals surface area contributed by atoms with E-state index in [9.17, 15) is 9.59 Å². The lowest BCUT2D eigenvalue weighted by molar-refractivity contribution is -0.116. The molecular weight excluding hydrogens is 210 g/mol. The van der Waals surface area contributed by atoms with Crippen molar-refractivity contribution in [2.24, 2.45) is 0 Å². The maximum atomic E-state index is 11.4. The Balaban J connectivity index is 2.47. The normalized spacial score (nSPS) is 15.1. The molecule has 0 atom stereocenters. The Labute approximate surface area is 92.5 Å². The number of rotatable bonds is 1. The van der Waals surface area contributed by atoms with E-state index in [4.69, 9.17) is 0 Å². The molecular formula is C11H11NO2S. The molecule has 0 fully saturated rings. The first kappa shape index (κ1) is 10.2. The van der Waals surface area contributed by atoms with Crippen molar-refractivity contribution in [2.45, 2.75) is 11.8 Å². The van der Waals surface area contributed by atoms with Gasteiger partial charge < -0.3 is 4.90 Å². The van der Waals surface area contributed by atoms with E-state index < -0.39 is 0 Å². The van der Waals surface area contributed by atoms with Crippen LogP contribution in [0.4, 0.5) is 5.69 Å². The highest BCUT2D eigenvalue weighted by atomic mass is 32.2. The molecule has 0 saturated carbocycles. The Morgan fingerprint density at radius 3 is 2.87 bits per heavy atom. The van der Waals surface area contributed by atoms with Crippen molar-refractivity contribution < 1.29 is 9.59 Å².